The van der Waals surface area contributed by atoms with Crippen LogP contribution in [0.15, 0.2) is 0 Å². The summed E-state index contributed by atoms with van der Waals surface area (Å²) in [5.41, 5.74) is -3.58. The van der Waals surface area contributed by atoms with Gasteiger partial charge < -0.3 is 14.7 Å². The van der Waals surface area contributed by atoms with Gasteiger partial charge in [0.25, 0.3) is 0 Å². The molecular weight excluding hydrogens is 291 g/mol. The molecule has 0 spiro atoms. The third kappa shape index (κ3) is 2.61. The van der Waals surface area contributed by atoms with Crippen molar-refractivity contribution in [3.05, 3.63) is 0 Å². The lowest BCUT2D eigenvalue weighted by Crippen LogP contribution is -2.48. The quantitative estimate of drug-likeness (QED) is 0.839. The van der Waals surface area contributed by atoms with Crippen LogP contribution in [0.1, 0.15) is 26.2 Å². The zero-order chi connectivity index (χ0) is 15.9. The molecule has 21 heavy (non-hydrogen) atoms. The predicted molar refractivity (Wildman–Crippen MR) is 65.5 cm³/mol. The number of carboxylic acid groups (broad SMARTS) is 1. The Labute approximate surface area is 120 Å². The molecule has 1 N–H and O–H groups in total. The maximum absolute atomic E-state index is 13.1. The molecule has 2 fully saturated rings. The molecule has 1 aliphatic heterocycles. The average Bonchev–Trinajstić information content (AvgIpc) is 3.02. The van der Waals surface area contributed by atoms with Crippen LogP contribution in [0.5, 0.6) is 0 Å². The van der Waals surface area contributed by atoms with Crippen LogP contribution in [-0.2, 0) is 14.3 Å². The summed E-state index contributed by atoms with van der Waals surface area (Å²) in [5, 5.41) is 8.98. The second-order valence-corrected chi connectivity index (χ2v) is 5.78. The largest absolute Gasteiger partial charge is 0.481 e. The van der Waals surface area contributed by atoms with Crippen LogP contribution < -0.4 is 0 Å². The number of halogens is 3. The SMILES string of the molecule is CCOCC1(C(=O)N2CCC(C(=O)O)(C(F)(F)F)C2)CC1. The van der Waals surface area contributed by atoms with Crippen molar-refractivity contribution in [1.82, 2.24) is 4.90 Å². The van der Waals surface area contributed by atoms with Crippen molar-refractivity contribution in [1.29, 1.82) is 0 Å². The highest BCUT2D eigenvalue weighted by atomic mass is 19.4. The van der Waals surface area contributed by atoms with E-state index in [0.29, 0.717) is 19.4 Å². The summed E-state index contributed by atoms with van der Waals surface area (Å²) in [5.74, 6) is -2.33. The molecule has 5 nitrogen and oxygen atoms in total. The van der Waals surface area contributed by atoms with Crippen LogP contribution in [0.3, 0.4) is 0 Å². The minimum atomic E-state index is -4.87. The van der Waals surface area contributed by atoms with Crippen molar-refractivity contribution in [2.45, 2.75) is 32.4 Å². The van der Waals surface area contributed by atoms with Gasteiger partial charge in [-0.2, -0.15) is 13.2 Å². The van der Waals surface area contributed by atoms with Crippen molar-refractivity contribution < 1.29 is 32.6 Å². The zero-order valence-electron chi connectivity index (χ0n) is 11.7. The van der Waals surface area contributed by atoms with Gasteiger partial charge in [0.15, 0.2) is 5.41 Å². The molecule has 2 rings (SSSR count). The van der Waals surface area contributed by atoms with E-state index in [2.05, 4.69) is 0 Å². The number of likely N-dealkylation sites (tertiary alicyclic amines) is 1. The molecular formula is C13H18F3NO4. The number of hydrogen-bond donors (Lipinski definition) is 1. The molecule has 1 amide bonds. The predicted octanol–water partition coefficient (Wildman–Crippen LogP) is 1.67. The van der Waals surface area contributed by atoms with E-state index in [0.717, 1.165) is 4.90 Å². The number of hydrogen-bond acceptors (Lipinski definition) is 3. The van der Waals surface area contributed by atoms with Crippen LogP contribution in [0.2, 0.25) is 0 Å². The van der Waals surface area contributed by atoms with Crippen LogP contribution in [0.4, 0.5) is 13.2 Å². The van der Waals surface area contributed by atoms with E-state index in [4.69, 9.17) is 9.84 Å². The molecule has 0 aromatic carbocycles. The van der Waals surface area contributed by atoms with E-state index in [1.807, 2.05) is 0 Å². The molecule has 1 saturated heterocycles. The minimum absolute atomic E-state index is 0.182. The van der Waals surface area contributed by atoms with Crippen molar-refractivity contribution in [2.75, 3.05) is 26.3 Å². The number of amides is 1. The van der Waals surface area contributed by atoms with E-state index >= 15 is 0 Å². The Hall–Kier alpha value is -1.31. The Morgan fingerprint density at radius 2 is 1.90 bits per heavy atom. The van der Waals surface area contributed by atoms with Crippen LogP contribution in [0.25, 0.3) is 0 Å². The van der Waals surface area contributed by atoms with Gasteiger partial charge in [-0.15, -0.1) is 0 Å². The summed E-state index contributed by atoms with van der Waals surface area (Å²) in [6, 6.07) is 0. The lowest BCUT2D eigenvalue weighted by Gasteiger charge is -2.28. The highest BCUT2D eigenvalue weighted by Gasteiger charge is 2.65. The van der Waals surface area contributed by atoms with E-state index in [-0.39, 0.29) is 13.2 Å². The summed E-state index contributed by atoms with van der Waals surface area (Å²) < 4.78 is 44.4. The molecule has 1 saturated carbocycles. The summed E-state index contributed by atoms with van der Waals surface area (Å²) in [6.07, 6.45) is -4.31. The van der Waals surface area contributed by atoms with Crippen LogP contribution >= 0.6 is 0 Å². The minimum Gasteiger partial charge on any atom is -0.481 e. The van der Waals surface area contributed by atoms with Gasteiger partial charge >= 0.3 is 12.1 Å². The molecule has 8 heteroatoms. The molecule has 0 aromatic rings. The fraction of sp³-hybridized carbons (Fsp3) is 0.846. The molecule has 1 unspecified atom stereocenters. The number of alkyl halides is 3. The maximum atomic E-state index is 13.1. The number of rotatable bonds is 5. The van der Waals surface area contributed by atoms with Gasteiger partial charge in [0.05, 0.1) is 12.0 Å². The van der Waals surface area contributed by atoms with Gasteiger partial charge in [0.2, 0.25) is 5.91 Å². The summed E-state index contributed by atoms with van der Waals surface area (Å²) >= 11 is 0. The lowest BCUT2D eigenvalue weighted by atomic mass is 9.86. The first kappa shape index (κ1) is 16.1. The summed E-state index contributed by atoms with van der Waals surface area (Å²) in [6.45, 7) is 1.40. The Bertz CT molecular complexity index is 447. The molecule has 0 radical (unpaired) electrons. The Morgan fingerprint density at radius 3 is 2.29 bits per heavy atom. The van der Waals surface area contributed by atoms with E-state index < -0.39 is 41.8 Å². The van der Waals surface area contributed by atoms with Crippen molar-refractivity contribution in [3.63, 3.8) is 0 Å². The second kappa shape index (κ2) is 5.15. The highest BCUT2D eigenvalue weighted by molar-refractivity contribution is 5.87. The first-order chi connectivity index (χ1) is 9.68. The van der Waals surface area contributed by atoms with Gasteiger partial charge in [0, 0.05) is 19.7 Å². The number of carbonyl (C=O) groups excluding carboxylic acids is 1. The van der Waals surface area contributed by atoms with Crippen LogP contribution in [-0.4, -0.2) is 54.4 Å². The normalized spacial score (nSPS) is 27.7. The smallest absolute Gasteiger partial charge is 0.406 e. The topological polar surface area (TPSA) is 66.8 Å². The number of aliphatic carboxylic acids is 1. The molecule has 1 atom stereocenters. The van der Waals surface area contributed by atoms with Gasteiger partial charge in [-0.25, -0.2) is 0 Å². The first-order valence-electron chi connectivity index (χ1n) is 6.86. The van der Waals surface area contributed by atoms with E-state index in [9.17, 15) is 22.8 Å². The molecule has 1 heterocycles. The van der Waals surface area contributed by atoms with Crippen molar-refractivity contribution in [2.24, 2.45) is 10.8 Å². The molecule has 0 aromatic heterocycles. The molecule has 120 valence electrons. The second-order valence-electron chi connectivity index (χ2n) is 5.78. The third-order valence-electron chi connectivity index (χ3n) is 4.40. The molecule has 0 bridgehead atoms. The fourth-order valence-electron chi connectivity index (χ4n) is 2.71. The third-order valence-corrected chi connectivity index (χ3v) is 4.40. The monoisotopic (exact) mass is 309 g/mol. The molecule has 1 aliphatic carbocycles. The van der Waals surface area contributed by atoms with Gasteiger partial charge in [-0.3, -0.25) is 9.59 Å². The number of ether oxygens (including phenoxy) is 1. The van der Waals surface area contributed by atoms with Gasteiger partial charge in [0.1, 0.15) is 0 Å². The number of nitrogens with zero attached hydrogens (tertiary/aromatic N) is 1. The summed E-state index contributed by atoms with van der Waals surface area (Å²) in [4.78, 5) is 24.5. The van der Waals surface area contributed by atoms with E-state index in [1.54, 1.807) is 6.92 Å². The zero-order valence-corrected chi connectivity index (χ0v) is 11.7. The first-order valence-corrected chi connectivity index (χ1v) is 6.86. The molecule has 2 aliphatic rings. The van der Waals surface area contributed by atoms with Crippen LogP contribution in [0, 0.1) is 10.8 Å². The highest BCUT2D eigenvalue weighted by Crippen LogP contribution is 2.51. The maximum Gasteiger partial charge on any atom is 0.406 e. The lowest BCUT2D eigenvalue weighted by molar-refractivity contribution is -0.227. The van der Waals surface area contributed by atoms with Crippen molar-refractivity contribution >= 4 is 11.9 Å². The summed E-state index contributed by atoms with van der Waals surface area (Å²) in [7, 11) is 0. The number of carbonyl (C=O) groups is 2. The fourth-order valence-corrected chi connectivity index (χ4v) is 2.71. The average molecular weight is 309 g/mol. The van der Waals surface area contributed by atoms with E-state index in [1.165, 1.54) is 0 Å². The Balaban J connectivity index is 2.11. The van der Waals surface area contributed by atoms with Gasteiger partial charge in [-0.1, -0.05) is 0 Å². The Kier molecular flexibility index (Phi) is 3.94. The number of carboxylic acids is 1. The van der Waals surface area contributed by atoms with Crippen molar-refractivity contribution in [3.8, 4) is 0 Å². The standard InChI is InChI=1S/C13H18F3NO4/c1-2-21-8-11(3-4-11)9(18)17-6-5-12(7-17,10(19)20)13(14,15)16/h2-8H2,1H3,(H,19,20). The Morgan fingerprint density at radius 1 is 1.29 bits per heavy atom. The van der Waals surface area contributed by atoms with Gasteiger partial charge in [-0.05, 0) is 26.2 Å².